The first-order valence-corrected chi connectivity index (χ1v) is 22.2. The maximum Gasteiger partial charge on any atom is 0.407 e. The van der Waals surface area contributed by atoms with Crippen LogP contribution in [0.4, 0.5) is 4.79 Å². The highest BCUT2D eigenvalue weighted by Crippen LogP contribution is 2.44. The van der Waals surface area contributed by atoms with E-state index in [1.807, 2.05) is 42.8 Å². The molecule has 0 aliphatic carbocycles. The fraction of sp³-hybridized carbons (Fsp3) is 0.511. The van der Waals surface area contributed by atoms with Crippen molar-refractivity contribution in [2.75, 3.05) is 27.4 Å². The summed E-state index contributed by atoms with van der Waals surface area (Å²) in [4.78, 5) is 61.3. The molecule has 0 bridgehead atoms. The summed E-state index contributed by atoms with van der Waals surface area (Å²) in [5.74, 6) is 1.88. The summed E-state index contributed by atoms with van der Waals surface area (Å²) < 4.78 is 22.0. The highest BCUT2D eigenvalue weighted by atomic mass is 16.6. The van der Waals surface area contributed by atoms with Crippen LogP contribution in [0.1, 0.15) is 95.5 Å². The summed E-state index contributed by atoms with van der Waals surface area (Å²) in [6.07, 6.45) is 4.57. The number of benzene rings is 3. The van der Waals surface area contributed by atoms with Crippen molar-refractivity contribution in [3.05, 3.63) is 65.9 Å². The van der Waals surface area contributed by atoms with Gasteiger partial charge in [-0.25, -0.2) is 14.8 Å². The lowest BCUT2D eigenvalue weighted by Crippen LogP contribution is -2.55. The van der Waals surface area contributed by atoms with E-state index in [1.54, 1.807) is 0 Å². The van der Waals surface area contributed by atoms with E-state index in [1.165, 1.54) is 14.2 Å². The number of imidazole rings is 2. The second-order valence-corrected chi connectivity index (χ2v) is 17.9. The van der Waals surface area contributed by atoms with E-state index in [-0.39, 0.29) is 47.8 Å². The first-order valence-electron chi connectivity index (χ1n) is 22.2. The van der Waals surface area contributed by atoms with Gasteiger partial charge in [0.15, 0.2) is 0 Å². The summed E-state index contributed by atoms with van der Waals surface area (Å²) in [6, 6.07) is 12.8. The number of aliphatic hydroxyl groups is 1. The molecule has 4 aliphatic rings. The number of nitrogens with one attached hydrogen (secondary N) is 4. The number of H-pyrrole nitrogens is 2. The number of methoxy groups -OCH3 is 2. The van der Waals surface area contributed by atoms with Crippen molar-refractivity contribution < 1.29 is 38.4 Å². The zero-order valence-electron chi connectivity index (χ0n) is 36.8. The maximum atomic E-state index is 14.3. The van der Waals surface area contributed by atoms with Crippen LogP contribution in [0.25, 0.3) is 44.2 Å². The van der Waals surface area contributed by atoms with E-state index < -0.39 is 24.6 Å². The molecular weight excluding hydrogens is 805 g/mol. The number of nitrogens with zero attached hydrogens (tertiary/aromatic N) is 4. The van der Waals surface area contributed by atoms with Gasteiger partial charge in [-0.15, -0.1) is 0 Å². The predicted octanol–water partition coefficient (Wildman–Crippen LogP) is 6.46. The summed E-state index contributed by atoms with van der Waals surface area (Å²) in [7, 11) is 2.71. The van der Waals surface area contributed by atoms with E-state index in [2.05, 4.69) is 63.9 Å². The number of carbonyl (C=O) groups excluding carboxylic acids is 3. The fourth-order valence-corrected chi connectivity index (χ4v) is 10.2. The SMILES string of the molecule is COC(=O)N[C@H](C(=O)N1[C@@H](C)CC[C@H]1c1nc2c(ccc3cc4c(cc32)OCc2cc(-c3cnc([C@@H]5CC[C@H](C)N5C(=O)[C@@H](NC(O)OC)C5CCOCC5)[nH]3)ccc2-4)[nH]1)C(C)C. The normalized spacial score (nSPS) is 22.8. The number of likely N-dealkylation sites (tertiary alicyclic amines) is 2. The van der Waals surface area contributed by atoms with Crippen molar-refractivity contribution in [2.45, 2.75) is 115 Å². The van der Waals surface area contributed by atoms with Crippen LogP contribution in [0.2, 0.25) is 0 Å². The number of ether oxygens (including phenoxy) is 4. The molecule has 6 heterocycles. The summed E-state index contributed by atoms with van der Waals surface area (Å²) in [5.41, 5.74) is 6.64. The summed E-state index contributed by atoms with van der Waals surface area (Å²) >= 11 is 0. The van der Waals surface area contributed by atoms with E-state index >= 15 is 0 Å². The smallest absolute Gasteiger partial charge is 0.407 e. The number of hydrogen-bond acceptors (Lipinski definition) is 11. The van der Waals surface area contributed by atoms with Crippen molar-refractivity contribution in [3.63, 3.8) is 0 Å². The Balaban J connectivity index is 0.959. The van der Waals surface area contributed by atoms with Crippen molar-refractivity contribution >= 4 is 39.7 Å². The van der Waals surface area contributed by atoms with Gasteiger partial charge in [-0.3, -0.25) is 14.9 Å². The molecule has 5 N–H and O–H groups in total. The fourth-order valence-electron chi connectivity index (χ4n) is 10.2. The number of hydrogen-bond donors (Lipinski definition) is 5. The number of alkyl carbamates (subject to hydrolysis) is 1. The van der Waals surface area contributed by atoms with Crippen LogP contribution in [-0.4, -0.2) is 111 Å². The Morgan fingerprint density at radius 2 is 1.60 bits per heavy atom. The monoisotopic (exact) mass is 862 g/mol. The van der Waals surface area contributed by atoms with Crippen LogP contribution < -0.4 is 15.4 Å². The summed E-state index contributed by atoms with van der Waals surface area (Å²) in [5, 5.41) is 18.1. The average molecular weight is 863 g/mol. The van der Waals surface area contributed by atoms with Crippen LogP contribution in [0.15, 0.2) is 48.7 Å². The molecular formula is C47H58N8O8. The van der Waals surface area contributed by atoms with E-state index in [0.29, 0.717) is 25.6 Å². The topological polar surface area (TPSA) is 196 Å². The Morgan fingerprint density at radius 1 is 0.873 bits per heavy atom. The molecule has 2 aromatic heterocycles. The molecule has 16 nitrogen and oxygen atoms in total. The summed E-state index contributed by atoms with van der Waals surface area (Å²) in [6.45, 7) is 9.47. The lowest BCUT2D eigenvalue weighted by atomic mass is 9.90. The van der Waals surface area contributed by atoms with Gasteiger partial charge in [0.1, 0.15) is 30.0 Å². The zero-order valence-corrected chi connectivity index (χ0v) is 36.8. The lowest BCUT2D eigenvalue weighted by molar-refractivity contribution is -0.149. The van der Waals surface area contributed by atoms with Gasteiger partial charge in [-0.05, 0) is 111 Å². The van der Waals surface area contributed by atoms with Gasteiger partial charge in [-0.1, -0.05) is 32.0 Å². The molecule has 334 valence electrons. The number of amides is 3. The van der Waals surface area contributed by atoms with Gasteiger partial charge in [0, 0.05) is 43.4 Å². The van der Waals surface area contributed by atoms with E-state index in [0.717, 1.165) is 99.9 Å². The molecule has 0 radical (unpaired) electrons. The van der Waals surface area contributed by atoms with Gasteiger partial charge < -0.3 is 49.1 Å². The molecule has 0 saturated carbocycles. The third-order valence-electron chi connectivity index (χ3n) is 13.7. The number of aliphatic hydroxyl groups excluding tert-OH is 1. The molecule has 4 aliphatic heterocycles. The standard InChI is InChI=1S/C47H58N8O8/c1-24(2)39(52-46(58)60-5)44(56)55-26(4)8-14-37(55)43-49-34-12-10-28-20-33-31-11-9-29(19-30(31)23-63-38(33)21-32(28)41(34)51-43)35-22-48-42(50-35)36-13-7-25(3)54(36)45(57)40(53-47(59)61-6)27-15-17-62-18-16-27/h9-12,19-22,24-27,36-37,39-40,47,53,59H,7-8,13-18,23H2,1-6H3,(H,48,50)(H,49,51)(H,52,58)/t25-,26-,36-,37-,39-,40-,47?/m0/s1. The number of aromatic nitrogens is 4. The maximum absolute atomic E-state index is 14.3. The van der Waals surface area contributed by atoms with Crippen molar-refractivity contribution in [2.24, 2.45) is 11.8 Å². The Hall–Kier alpha value is -5.55. The molecule has 3 fully saturated rings. The molecule has 1 unspecified atom stereocenters. The van der Waals surface area contributed by atoms with Crippen molar-refractivity contribution in [3.8, 4) is 28.1 Å². The molecule has 7 atom stereocenters. The average Bonchev–Trinajstić information content (AvgIpc) is 4.12. The van der Waals surface area contributed by atoms with Gasteiger partial charge in [0.05, 0.1) is 48.2 Å². The second kappa shape index (κ2) is 17.5. The van der Waals surface area contributed by atoms with Gasteiger partial charge in [0.25, 0.3) is 0 Å². The molecule has 9 rings (SSSR count). The van der Waals surface area contributed by atoms with Crippen LogP contribution in [-0.2, 0) is 30.4 Å². The van der Waals surface area contributed by atoms with Gasteiger partial charge in [0.2, 0.25) is 18.2 Å². The van der Waals surface area contributed by atoms with Gasteiger partial charge in [-0.2, -0.15) is 0 Å². The minimum atomic E-state index is -1.26. The van der Waals surface area contributed by atoms with E-state index in [9.17, 15) is 19.5 Å². The van der Waals surface area contributed by atoms with Crippen LogP contribution >= 0.6 is 0 Å². The number of aromatic amines is 2. The highest BCUT2D eigenvalue weighted by Gasteiger charge is 2.44. The number of carbonyl (C=O) groups is 3. The Labute approximate surface area is 366 Å². The van der Waals surface area contributed by atoms with Crippen LogP contribution in [0, 0.1) is 11.8 Å². The van der Waals surface area contributed by atoms with E-state index in [4.69, 9.17) is 28.9 Å². The molecule has 5 aromatic rings. The Bertz CT molecular complexity index is 2510. The molecule has 0 spiro atoms. The third kappa shape index (κ3) is 8.02. The Morgan fingerprint density at radius 3 is 2.32 bits per heavy atom. The predicted molar refractivity (Wildman–Crippen MR) is 235 cm³/mol. The van der Waals surface area contributed by atoms with Crippen LogP contribution in [0.3, 0.4) is 0 Å². The minimum absolute atomic E-state index is 0.00101. The van der Waals surface area contributed by atoms with Crippen molar-refractivity contribution in [1.82, 2.24) is 40.4 Å². The second-order valence-electron chi connectivity index (χ2n) is 17.9. The number of rotatable bonds is 11. The Kier molecular flexibility index (Phi) is 11.9. The van der Waals surface area contributed by atoms with Gasteiger partial charge >= 0.3 is 6.09 Å². The molecule has 3 saturated heterocycles. The molecule has 16 heteroatoms. The highest BCUT2D eigenvalue weighted by molar-refractivity contribution is 6.07. The lowest BCUT2D eigenvalue weighted by Gasteiger charge is -2.37. The van der Waals surface area contributed by atoms with Crippen molar-refractivity contribution in [1.29, 1.82) is 0 Å². The minimum Gasteiger partial charge on any atom is -0.488 e. The first kappa shape index (κ1) is 42.7. The van der Waals surface area contributed by atoms with Crippen LogP contribution in [0.5, 0.6) is 5.75 Å². The largest absolute Gasteiger partial charge is 0.488 e. The first-order chi connectivity index (χ1) is 30.4. The quantitative estimate of drug-likeness (QED) is 0.0915. The molecule has 3 amide bonds. The molecule has 3 aromatic carbocycles. The zero-order chi connectivity index (χ0) is 44.1. The third-order valence-corrected chi connectivity index (χ3v) is 13.7. The molecule has 63 heavy (non-hydrogen) atoms. The number of fused-ring (bicyclic) bond motifs is 6.